The highest BCUT2D eigenvalue weighted by molar-refractivity contribution is 6.04. The Kier molecular flexibility index (Phi) is 5.93. The molecule has 0 bridgehead atoms. The van der Waals surface area contributed by atoms with Gasteiger partial charge in [0.2, 0.25) is 0 Å². The molecule has 0 saturated carbocycles. The highest BCUT2D eigenvalue weighted by Gasteiger charge is 2.30. The lowest BCUT2D eigenvalue weighted by molar-refractivity contribution is -0.137. The predicted molar refractivity (Wildman–Crippen MR) is 114 cm³/mol. The molecule has 1 N–H and O–H groups in total. The quantitative estimate of drug-likeness (QED) is 0.457. The van der Waals surface area contributed by atoms with Gasteiger partial charge in [0.15, 0.2) is 0 Å². The number of rotatable bonds is 5. The standard InChI is InChI=1S/C24H17F3N4O/c25-24(26,27)18-6-2-7-19(14-18)31-23(32)17-5-1-4-16(12-17)13-22-20(8-3-10-29-22)21-9-11-28-15-30-21/h1-12,14-15H,13H2,(H,31,32). The monoisotopic (exact) mass is 434 g/mol. The molecular weight excluding hydrogens is 417 g/mol. The largest absolute Gasteiger partial charge is 0.416 e. The van der Waals surface area contributed by atoms with Crippen LogP contribution < -0.4 is 5.32 Å². The molecular formula is C24H17F3N4O. The van der Waals surface area contributed by atoms with Crippen LogP contribution in [0.3, 0.4) is 0 Å². The first kappa shape index (κ1) is 21.2. The molecule has 32 heavy (non-hydrogen) atoms. The number of anilines is 1. The van der Waals surface area contributed by atoms with E-state index in [2.05, 4.69) is 20.3 Å². The Labute approximate surface area is 182 Å². The van der Waals surface area contributed by atoms with Crippen LogP contribution in [0.2, 0.25) is 0 Å². The first-order valence-corrected chi connectivity index (χ1v) is 9.68. The number of aromatic nitrogens is 3. The summed E-state index contributed by atoms with van der Waals surface area (Å²) in [5.41, 5.74) is 2.79. The third-order valence-electron chi connectivity index (χ3n) is 4.76. The smallest absolute Gasteiger partial charge is 0.322 e. The number of hydrogen-bond acceptors (Lipinski definition) is 4. The summed E-state index contributed by atoms with van der Waals surface area (Å²) in [6.07, 6.45) is 0.766. The van der Waals surface area contributed by atoms with E-state index in [0.29, 0.717) is 12.0 Å². The fourth-order valence-corrected chi connectivity index (χ4v) is 3.25. The van der Waals surface area contributed by atoms with Crippen molar-refractivity contribution in [3.05, 3.63) is 108 Å². The van der Waals surface area contributed by atoms with Gasteiger partial charge in [-0.2, -0.15) is 13.2 Å². The van der Waals surface area contributed by atoms with Crippen LogP contribution >= 0.6 is 0 Å². The van der Waals surface area contributed by atoms with E-state index in [0.717, 1.165) is 34.6 Å². The molecule has 5 nitrogen and oxygen atoms in total. The zero-order valence-electron chi connectivity index (χ0n) is 16.7. The van der Waals surface area contributed by atoms with Gasteiger partial charge in [-0.05, 0) is 54.1 Å². The molecule has 0 atom stereocenters. The summed E-state index contributed by atoms with van der Waals surface area (Å²) in [6.45, 7) is 0. The van der Waals surface area contributed by atoms with Crippen molar-refractivity contribution in [2.24, 2.45) is 0 Å². The van der Waals surface area contributed by atoms with Crippen molar-refractivity contribution in [3.63, 3.8) is 0 Å². The minimum Gasteiger partial charge on any atom is -0.322 e. The van der Waals surface area contributed by atoms with Gasteiger partial charge in [-0.15, -0.1) is 0 Å². The number of pyridine rings is 1. The van der Waals surface area contributed by atoms with Gasteiger partial charge in [-0.1, -0.05) is 18.2 Å². The molecule has 0 unspecified atom stereocenters. The Balaban J connectivity index is 1.55. The van der Waals surface area contributed by atoms with Crippen LogP contribution in [0.1, 0.15) is 27.2 Å². The Morgan fingerprint density at radius 1 is 0.906 bits per heavy atom. The van der Waals surface area contributed by atoms with Gasteiger partial charge in [0, 0.05) is 35.6 Å². The van der Waals surface area contributed by atoms with Crippen LogP contribution in [0.15, 0.2) is 85.5 Å². The first-order valence-electron chi connectivity index (χ1n) is 9.68. The molecule has 4 aromatic rings. The van der Waals surface area contributed by atoms with Crippen molar-refractivity contribution in [2.75, 3.05) is 5.32 Å². The van der Waals surface area contributed by atoms with E-state index < -0.39 is 17.6 Å². The van der Waals surface area contributed by atoms with Crippen LogP contribution in [0, 0.1) is 0 Å². The zero-order valence-corrected chi connectivity index (χ0v) is 16.7. The van der Waals surface area contributed by atoms with E-state index in [1.807, 2.05) is 18.2 Å². The molecule has 0 fully saturated rings. The van der Waals surface area contributed by atoms with Gasteiger partial charge in [0.25, 0.3) is 5.91 Å². The number of halogens is 3. The van der Waals surface area contributed by atoms with Crippen LogP contribution in [0.25, 0.3) is 11.3 Å². The second-order valence-corrected chi connectivity index (χ2v) is 7.00. The normalized spacial score (nSPS) is 11.2. The van der Waals surface area contributed by atoms with E-state index in [1.54, 1.807) is 36.7 Å². The SMILES string of the molecule is O=C(Nc1cccc(C(F)(F)F)c1)c1cccc(Cc2ncccc2-c2ccncn2)c1. The van der Waals surface area contributed by atoms with Crippen molar-refractivity contribution in [1.29, 1.82) is 0 Å². The molecule has 8 heteroatoms. The number of alkyl halides is 3. The topological polar surface area (TPSA) is 67.8 Å². The van der Waals surface area contributed by atoms with Crippen molar-refractivity contribution < 1.29 is 18.0 Å². The molecule has 2 aromatic carbocycles. The van der Waals surface area contributed by atoms with Crippen molar-refractivity contribution >= 4 is 11.6 Å². The molecule has 0 aliphatic rings. The van der Waals surface area contributed by atoms with E-state index in [4.69, 9.17) is 0 Å². The lowest BCUT2D eigenvalue weighted by atomic mass is 10.0. The van der Waals surface area contributed by atoms with Crippen LogP contribution in [-0.4, -0.2) is 20.9 Å². The summed E-state index contributed by atoms with van der Waals surface area (Å²) in [7, 11) is 0. The highest BCUT2D eigenvalue weighted by Crippen LogP contribution is 2.30. The van der Waals surface area contributed by atoms with Gasteiger partial charge < -0.3 is 5.32 Å². The lowest BCUT2D eigenvalue weighted by Gasteiger charge is -2.11. The fourth-order valence-electron chi connectivity index (χ4n) is 3.25. The molecule has 0 radical (unpaired) electrons. The third-order valence-corrected chi connectivity index (χ3v) is 4.76. The molecule has 2 aromatic heterocycles. The molecule has 2 heterocycles. The van der Waals surface area contributed by atoms with Gasteiger partial charge >= 0.3 is 6.18 Å². The number of benzene rings is 2. The van der Waals surface area contributed by atoms with E-state index >= 15 is 0 Å². The van der Waals surface area contributed by atoms with Crippen molar-refractivity contribution in [1.82, 2.24) is 15.0 Å². The average molecular weight is 434 g/mol. The third kappa shape index (κ3) is 4.97. The van der Waals surface area contributed by atoms with Crippen molar-refractivity contribution in [2.45, 2.75) is 12.6 Å². The second kappa shape index (κ2) is 8.97. The molecule has 0 aliphatic carbocycles. The summed E-state index contributed by atoms with van der Waals surface area (Å²) >= 11 is 0. The van der Waals surface area contributed by atoms with Crippen LogP contribution in [0.5, 0.6) is 0 Å². The zero-order chi connectivity index (χ0) is 22.6. The summed E-state index contributed by atoms with van der Waals surface area (Å²) in [6, 6.07) is 16.9. The highest BCUT2D eigenvalue weighted by atomic mass is 19.4. The summed E-state index contributed by atoms with van der Waals surface area (Å²) in [5.74, 6) is -0.497. The maximum Gasteiger partial charge on any atom is 0.416 e. The van der Waals surface area contributed by atoms with E-state index in [1.165, 1.54) is 18.5 Å². The molecule has 0 aliphatic heterocycles. The minimum atomic E-state index is -4.48. The molecule has 0 saturated heterocycles. The Morgan fingerprint density at radius 3 is 2.53 bits per heavy atom. The lowest BCUT2D eigenvalue weighted by Crippen LogP contribution is -2.13. The van der Waals surface area contributed by atoms with Crippen molar-refractivity contribution in [3.8, 4) is 11.3 Å². The van der Waals surface area contributed by atoms with Crippen LogP contribution in [0.4, 0.5) is 18.9 Å². The number of carbonyl (C=O) groups is 1. The van der Waals surface area contributed by atoms with Gasteiger partial charge in [0.1, 0.15) is 6.33 Å². The predicted octanol–water partition coefficient (Wildman–Crippen LogP) is 5.40. The van der Waals surface area contributed by atoms with Gasteiger partial charge in [-0.25, -0.2) is 9.97 Å². The van der Waals surface area contributed by atoms with Crippen LogP contribution in [-0.2, 0) is 12.6 Å². The molecule has 1 amide bonds. The first-order chi connectivity index (χ1) is 15.4. The second-order valence-electron chi connectivity index (χ2n) is 7.00. The number of nitrogens with zero attached hydrogens (tertiary/aromatic N) is 3. The average Bonchev–Trinajstić information content (AvgIpc) is 2.80. The molecule has 160 valence electrons. The number of hydrogen-bond donors (Lipinski definition) is 1. The number of amides is 1. The van der Waals surface area contributed by atoms with Gasteiger partial charge in [-0.3, -0.25) is 9.78 Å². The summed E-state index contributed by atoms with van der Waals surface area (Å²) < 4.78 is 38.8. The molecule has 0 spiro atoms. The van der Waals surface area contributed by atoms with Gasteiger partial charge in [0.05, 0.1) is 17.0 Å². The number of nitrogens with one attached hydrogen (secondary N) is 1. The Hall–Kier alpha value is -4.07. The number of carbonyl (C=O) groups excluding carboxylic acids is 1. The Bertz CT molecular complexity index is 1240. The minimum absolute atomic E-state index is 0.0750. The molecule has 4 rings (SSSR count). The summed E-state index contributed by atoms with van der Waals surface area (Å²) in [4.78, 5) is 25.3. The Morgan fingerprint density at radius 2 is 1.75 bits per heavy atom. The maximum atomic E-state index is 12.9. The van der Waals surface area contributed by atoms with E-state index in [9.17, 15) is 18.0 Å². The fraction of sp³-hybridized carbons (Fsp3) is 0.0833. The summed E-state index contributed by atoms with van der Waals surface area (Å²) in [5, 5.41) is 2.53. The van der Waals surface area contributed by atoms with E-state index in [-0.39, 0.29) is 5.69 Å². The maximum absolute atomic E-state index is 12.9.